The van der Waals surface area contributed by atoms with Crippen molar-refractivity contribution >= 4 is 33.3 Å². The molecule has 0 saturated carbocycles. The van der Waals surface area contributed by atoms with Crippen molar-refractivity contribution in [3.63, 3.8) is 0 Å². The van der Waals surface area contributed by atoms with Crippen molar-refractivity contribution in [1.82, 2.24) is 14.5 Å². The van der Waals surface area contributed by atoms with Gasteiger partial charge in [-0.05, 0) is 28.9 Å². The van der Waals surface area contributed by atoms with Gasteiger partial charge in [0.1, 0.15) is 4.83 Å². The maximum atomic E-state index is 13.6. The lowest BCUT2D eigenvalue weighted by atomic mass is 10.0. The molecular weight excluding hydrogens is 422 g/mol. The Balaban J connectivity index is 1.52. The van der Waals surface area contributed by atoms with Crippen LogP contribution < -0.4 is 5.56 Å². The predicted octanol–water partition coefficient (Wildman–Crippen LogP) is 5.18. The molecule has 0 fully saturated rings. The van der Waals surface area contributed by atoms with Gasteiger partial charge in [0, 0.05) is 24.5 Å². The third-order valence-corrected chi connectivity index (χ3v) is 7.68. The van der Waals surface area contributed by atoms with Crippen LogP contribution >= 0.6 is 23.1 Å². The molecule has 6 heteroatoms. The van der Waals surface area contributed by atoms with Crippen molar-refractivity contribution in [3.8, 4) is 0 Å². The van der Waals surface area contributed by atoms with Crippen LogP contribution in [0.2, 0.25) is 0 Å². The van der Waals surface area contributed by atoms with E-state index < -0.39 is 0 Å². The summed E-state index contributed by atoms with van der Waals surface area (Å²) in [5.74, 6) is 0.892. The fourth-order valence-corrected chi connectivity index (χ4v) is 6.26. The van der Waals surface area contributed by atoms with Crippen LogP contribution in [0.1, 0.15) is 28.5 Å². The fourth-order valence-electron chi connectivity index (χ4n) is 4.23. The molecule has 0 aliphatic carbocycles. The van der Waals surface area contributed by atoms with E-state index in [1.165, 1.54) is 16.0 Å². The molecule has 4 aromatic rings. The van der Waals surface area contributed by atoms with Gasteiger partial charge in [-0.2, -0.15) is 0 Å². The third-order valence-electron chi connectivity index (χ3n) is 5.71. The minimum atomic E-state index is 0.110. The Bertz CT molecular complexity index is 1250. The first-order valence-electron chi connectivity index (χ1n) is 10.7. The normalized spacial score (nSPS) is 14.1. The number of thioether (sulfide) groups is 1. The second-order valence-electron chi connectivity index (χ2n) is 7.83. The number of rotatable bonds is 6. The summed E-state index contributed by atoms with van der Waals surface area (Å²) in [6.45, 7) is 5.47. The second kappa shape index (κ2) is 8.99. The highest BCUT2D eigenvalue weighted by Crippen LogP contribution is 2.34. The third kappa shape index (κ3) is 4.20. The molecule has 1 aliphatic rings. The van der Waals surface area contributed by atoms with E-state index in [9.17, 15) is 4.79 Å². The van der Waals surface area contributed by atoms with Gasteiger partial charge in [0.05, 0.1) is 11.9 Å². The van der Waals surface area contributed by atoms with Crippen molar-refractivity contribution in [2.75, 3.05) is 12.3 Å². The van der Waals surface area contributed by atoms with Crippen LogP contribution in [0.3, 0.4) is 0 Å². The number of hydrogen-bond donors (Lipinski definition) is 0. The van der Waals surface area contributed by atoms with Crippen LogP contribution in [0, 0.1) is 0 Å². The minimum Gasteiger partial charge on any atom is -0.294 e. The average Bonchev–Trinajstić information content (AvgIpc) is 3.15. The molecule has 0 amide bonds. The highest BCUT2D eigenvalue weighted by molar-refractivity contribution is 7.99. The summed E-state index contributed by atoms with van der Waals surface area (Å²) in [7, 11) is 0. The van der Waals surface area contributed by atoms with Crippen LogP contribution in [0.25, 0.3) is 10.2 Å². The molecule has 31 heavy (non-hydrogen) atoms. The molecule has 3 heterocycles. The van der Waals surface area contributed by atoms with E-state index in [1.807, 2.05) is 22.8 Å². The standard InChI is InChI=1S/C25H25N3OS2/c1-2-30-25-26-23-22(24(29)28(25)16-19-11-7-4-8-12-19)20-13-14-27(17-21(20)31-23)15-18-9-5-3-6-10-18/h3-12H,2,13-17H2,1H3. The zero-order valence-electron chi connectivity index (χ0n) is 17.6. The first-order chi connectivity index (χ1) is 15.2. The maximum Gasteiger partial charge on any atom is 0.263 e. The summed E-state index contributed by atoms with van der Waals surface area (Å²) in [4.78, 5) is 23.3. The lowest BCUT2D eigenvalue weighted by Gasteiger charge is -2.26. The topological polar surface area (TPSA) is 38.1 Å². The maximum absolute atomic E-state index is 13.6. The number of fused-ring (bicyclic) bond motifs is 3. The van der Waals surface area contributed by atoms with E-state index in [0.29, 0.717) is 6.54 Å². The Kier molecular flexibility index (Phi) is 5.94. The predicted molar refractivity (Wildman–Crippen MR) is 130 cm³/mol. The van der Waals surface area contributed by atoms with Crippen LogP contribution in [0.4, 0.5) is 0 Å². The molecule has 1 aliphatic heterocycles. The number of aromatic nitrogens is 2. The Labute approximate surface area is 190 Å². The minimum absolute atomic E-state index is 0.110. The number of thiophene rings is 1. The molecule has 0 radical (unpaired) electrons. The summed E-state index contributed by atoms with van der Waals surface area (Å²) < 4.78 is 1.87. The van der Waals surface area contributed by atoms with Crippen molar-refractivity contribution in [2.24, 2.45) is 0 Å². The number of nitrogens with zero attached hydrogens (tertiary/aromatic N) is 3. The fraction of sp³-hybridized carbons (Fsp3) is 0.280. The van der Waals surface area contributed by atoms with E-state index in [2.05, 4.69) is 54.3 Å². The molecule has 0 spiro atoms. The SMILES string of the molecule is CCSc1nc2sc3c(c2c(=O)n1Cc1ccccc1)CCN(Cc1ccccc1)C3. The first kappa shape index (κ1) is 20.5. The molecule has 0 bridgehead atoms. The van der Waals surface area contributed by atoms with Gasteiger partial charge < -0.3 is 0 Å². The quantitative estimate of drug-likeness (QED) is 0.302. The first-order valence-corrected chi connectivity index (χ1v) is 12.5. The molecular formula is C25H25N3OS2. The summed E-state index contributed by atoms with van der Waals surface area (Å²) in [5, 5.41) is 1.67. The lowest BCUT2D eigenvalue weighted by molar-refractivity contribution is 0.249. The lowest BCUT2D eigenvalue weighted by Crippen LogP contribution is -2.30. The van der Waals surface area contributed by atoms with Crippen molar-refractivity contribution in [1.29, 1.82) is 0 Å². The Morgan fingerprint density at radius 1 is 1.00 bits per heavy atom. The molecule has 4 nitrogen and oxygen atoms in total. The summed E-state index contributed by atoms with van der Waals surface area (Å²) in [6.07, 6.45) is 0.907. The summed E-state index contributed by atoms with van der Waals surface area (Å²) in [6, 6.07) is 20.8. The van der Waals surface area contributed by atoms with Gasteiger partial charge in [0.15, 0.2) is 5.16 Å². The Hall–Kier alpha value is -2.41. The van der Waals surface area contributed by atoms with Gasteiger partial charge in [0.25, 0.3) is 5.56 Å². The summed E-state index contributed by atoms with van der Waals surface area (Å²) >= 11 is 3.35. The molecule has 0 saturated heterocycles. The highest BCUT2D eigenvalue weighted by atomic mass is 32.2. The van der Waals surface area contributed by atoms with E-state index in [1.54, 1.807) is 23.1 Å². The van der Waals surface area contributed by atoms with Gasteiger partial charge in [-0.25, -0.2) is 4.98 Å². The van der Waals surface area contributed by atoms with Crippen molar-refractivity contribution in [2.45, 2.75) is 38.1 Å². The zero-order valence-corrected chi connectivity index (χ0v) is 19.2. The Morgan fingerprint density at radius 2 is 1.68 bits per heavy atom. The van der Waals surface area contributed by atoms with Crippen molar-refractivity contribution in [3.05, 3.63) is 92.6 Å². The van der Waals surface area contributed by atoms with E-state index in [4.69, 9.17) is 4.98 Å². The van der Waals surface area contributed by atoms with Crippen molar-refractivity contribution < 1.29 is 0 Å². The van der Waals surface area contributed by atoms with E-state index in [-0.39, 0.29) is 5.56 Å². The zero-order chi connectivity index (χ0) is 21.2. The number of hydrogen-bond acceptors (Lipinski definition) is 5. The summed E-state index contributed by atoms with van der Waals surface area (Å²) in [5.41, 5.74) is 3.79. The molecule has 0 unspecified atom stereocenters. The molecule has 2 aromatic carbocycles. The van der Waals surface area contributed by atoms with Crippen LogP contribution in [-0.4, -0.2) is 26.7 Å². The van der Waals surface area contributed by atoms with Crippen LogP contribution in [-0.2, 0) is 26.1 Å². The van der Waals surface area contributed by atoms with E-state index >= 15 is 0 Å². The van der Waals surface area contributed by atoms with Gasteiger partial charge >= 0.3 is 0 Å². The molecule has 158 valence electrons. The van der Waals surface area contributed by atoms with Gasteiger partial charge in [0.2, 0.25) is 0 Å². The Morgan fingerprint density at radius 3 is 2.35 bits per heavy atom. The molecule has 2 aromatic heterocycles. The van der Waals surface area contributed by atoms with Gasteiger partial charge in [-0.15, -0.1) is 11.3 Å². The number of benzene rings is 2. The van der Waals surface area contributed by atoms with Gasteiger partial charge in [-0.3, -0.25) is 14.3 Å². The second-order valence-corrected chi connectivity index (χ2v) is 10.1. The van der Waals surface area contributed by atoms with E-state index in [0.717, 1.165) is 52.7 Å². The van der Waals surface area contributed by atoms with Crippen LogP contribution in [0.15, 0.2) is 70.6 Å². The highest BCUT2D eigenvalue weighted by Gasteiger charge is 2.25. The smallest absolute Gasteiger partial charge is 0.263 e. The largest absolute Gasteiger partial charge is 0.294 e. The molecule has 0 atom stereocenters. The molecule has 5 rings (SSSR count). The average molecular weight is 448 g/mol. The van der Waals surface area contributed by atoms with Gasteiger partial charge in [-0.1, -0.05) is 79.3 Å². The monoisotopic (exact) mass is 447 g/mol. The van der Waals surface area contributed by atoms with Crippen LogP contribution in [0.5, 0.6) is 0 Å². The molecule has 0 N–H and O–H groups in total.